The van der Waals surface area contributed by atoms with E-state index in [9.17, 15) is 13.5 Å². The van der Waals surface area contributed by atoms with Crippen LogP contribution in [0.1, 0.15) is 25.7 Å². The minimum Gasteiger partial charge on any atom is -0.391 e. The van der Waals surface area contributed by atoms with Crippen LogP contribution in [0, 0.1) is 0 Å². The standard InChI is InChI=1S/C13H17Cl2NO3S/c1-16(11-4-2-3-5-12(11)17)20(18,19)13-8-9(14)6-7-10(13)15/h6-8,11-12,17H,2-5H2,1H3. The molecule has 1 aromatic carbocycles. The van der Waals surface area contributed by atoms with E-state index in [2.05, 4.69) is 0 Å². The molecule has 1 aliphatic rings. The predicted octanol–water partition coefficient (Wildman–Crippen LogP) is 2.92. The fourth-order valence-electron chi connectivity index (χ4n) is 2.52. The van der Waals surface area contributed by atoms with Gasteiger partial charge in [0, 0.05) is 12.1 Å². The number of rotatable bonds is 3. The Bertz CT molecular complexity index is 591. The van der Waals surface area contributed by atoms with Gasteiger partial charge in [-0.2, -0.15) is 4.31 Å². The zero-order chi connectivity index (χ0) is 14.9. The SMILES string of the molecule is CN(C1CCCCC1O)S(=O)(=O)c1cc(Cl)ccc1Cl. The van der Waals surface area contributed by atoms with E-state index in [-0.39, 0.29) is 9.92 Å². The number of sulfonamides is 1. The van der Waals surface area contributed by atoms with Crippen LogP contribution in [0.15, 0.2) is 23.1 Å². The number of hydrogen-bond donors (Lipinski definition) is 1. The Kier molecular flexibility index (Phi) is 4.97. The molecule has 20 heavy (non-hydrogen) atoms. The molecule has 1 aliphatic carbocycles. The van der Waals surface area contributed by atoms with Crippen molar-refractivity contribution >= 4 is 33.2 Å². The summed E-state index contributed by atoms with van der Waals surface area (Å²) in [5, 5.41) is 10.5. The Morgan fingerprint density at radius 3 is 2.55 bits per heavy atom. The quantitative estimate of drug-likeness (QED) is 0.922. The number of likely N-dealkylation sites (N-methyl/N-ethyl adjacent to an activating group) is 1. The monoisotopic (exact) mass is 337 g/mol. The maximum absolute atomic E-state index is 12.6. The summed E-state index contributed by atoms with van der Waals surface area (Å²) in [7, 11) is -2.29. The van der Waals surface area contributed by atoms with Crippen LogP contribution in [-0.2, 0) is 10.0 Å². The van der Waals surface area contributed by atoms with Crippen molar-refractivity contribution in [3.8, 4) is 0 Å². The van der Waals surface area contributed by atoms with E-state index in [1.54, 1.807) is 6.07 Å². The van der Waals surface area contributed by atoms with Crippen LogP contribution in [0.3, 0.4) is 0 Å². The molecule has 0 spiro atoms. The minimum absolute atomic E-state index is 0.0214. The Labute approximate surface area is 129 Å². The first-order valence-electron chi connectivity index (χ1n) is 6.45. The lowest BCUT2D eigenvalue weighted by Crippen LogP contribution is -2.46. The Morgan fingerprint density at radius 2 is 1.90 bits per heavy atom. The van der Waals surface area contributed by atoms with Crippen molar-refractivity contribution in [1.29, 1.82) is 0 Å². The summed E-state index contributed by atoms with van der Waals surface area (Å²) in [6.07, 6.45) is 2.46. The highest BCUT2D eigenvalue weighted by Gasteiger charge is 2.35. The highest BCUT2D eigenvalue weighted by molar-refractivity contribution is 7.89. The van der Waals surface area contributed by atoms with Crippen LogP contribution in [0.2, 0.25) is 10.0 Å². The van der Waals surface area contributed by atoms with Crippen molar-refractivity contribution in [3.63, 3.8) is 0 Å². The molecule has 2 unspecified atom stereocenters. The summed E-state index contributed by atoms with van der Waals surface area (Å²) in [5.74, 6) is 0. The second-order valence-electron chi connectivity index (χ2n) is 5.02. The minimum atomic E-state index is -3.77. The van der Waals surface area contributed by atoms with Gasteiger partial charge in [-0.25, -0.2) is 8.42 Å². The van der Waals surface area contributed by atoms with Gasteiger partial charge in [-0.1, -0.05) is 36.0 Å². The highest BCUT2D eigenvalue weighted by atomic mass is 35.5. The first-order valence-corrected chi connectivity index (χ1v) is 8.65. The summed E-state index contributed by atoms with van der Waals surface area (Å²) in [6.45, 7) is 0. The number of hydrogen-bond acceptors (Lipinski definition) is 3. The van der Waals surface area contributed by atoms with Gasteiger partial charge in [-0.05, 0) is 31.0 Å². The Hall–Kier alpha value is -0.330. The third-order valence-corrected chi connectivity index (χ3v) is 6.31. The van der Waals surface area contributed by atoms with Crippen LogP contribution in [0.5, 0.6) is 0 Å². The molecule has 0 heterocycles. The molecule has 0 saturated heterocycles. The van der Waals surface area contributed by atoms with E-state index in [0.29, 0.717) is 17.9 Å². The van der Waals surface area contributed by atoms with Crippen molar-refractivity contribution in [2.24, 2.45) is 0 Å². The van der Waals surface area contributed by atoms with E-state index in [0.717, 1.165) is 12.8 Å². The highest BCUT2D eigenvalue weighted by Crippen LogP contribution is 2.31. The van der Waals surface area contributed by atoms with Gasteiger partial charge in [0.25, 0.3) is 0 Å². The van der Waals surface area contributed by atoms with E-state index in [4.69, 9.17) is 23.2 Å². The molecule has 0 bridgehead atoms. The molecule has 1 aromatic rings. The molecule has 4 nitrogen and oxygen atoms in total. The van der Waals surface area contributed by atoms with Gasteiger partial charge in [-0.15, -0.1) is 0 Å². The smallest absolute Gasteiger partial charge is 0.244 e. The van der Waals surface area contributed by atoms with E-state index in [1.165, 1.54) is 23.5 Å². The van der Waals surface area contributed by atoms with Gasteiger partial charge in [-0.3, -0.25) is 0 Å². The maximum Gasteiger partial charge on any atom is 0.244 e. The average molecular weight is 338 g/mol. The van der Waals surface area contributed by atoms with E-state index >= 15 is 0 Å². The number of benzene rings is 1. The average Bonchev–Trinajstić information content (AvgIpc) is 2.41. The van der Waals surface area contributed by atoms with E-state index in [1.807, 2.05) is 0 Å². The summed E-state index contributed by atoms with van der Waals surface area (Å²) in [5.41, 5.74) is 0. The Morgan fingerprint density at radius 1 is 1.25 bits per heavy atom. The molecule has 1 fully saturated rings. The third-order valence-electron chi connectivity index (χ3n) is 3.71. The van der Waals surface area contributed by atoms with Crippen LogP contribution in [0.4, 0.5) is 0 Å². The molecular formula is C13H17Cl2NO3S. The van der Waals surface area contributed by atoms with Crippen molar-refractivity contribution < 1.29 is 13.5 Å². The summed E-state index contributed by atoms with van der Waals surface area (Å²) >= 11 is 11.8. The first kappa shape index (κ1) is 16.0. The van der Waals surface area contributed by atoms with Gasteiger partial charge in [0.05, 0.1) is 17.2 Å². The van der Waals surface area contributed by atoms with Gasteiger partial charge < -0.3 is 5.11 Å². The number of halogens is 2. The number of nitrogens with zero attached hydrogens (tertiary/aromatic N) is 1. The van der Waals surface area contributed by atoms with Crippen LogP contribution in [-0.4, -0.2) is 37.0 Å². The van der Waals surface area contributed by atoms with Crippen LogP contribution < -0.4 is 0 Å². The van der Waals surface area contributed by atoms with Crippen molar-refractivity contribution in [3.05, 3.63) is 28.2 Å². The molecule has 7 heteroatoms. The molecule has 0 aliphatic heterocycles. The fraction of sp³-hybridized carbons (Fsp3) is 0.538. The van der Waals surface area contributed by atoms with Gasteiger partial charge in [0.2, 0.25) is 10.0 Å². The molecule has 1 N–H and O–H groups in total. The molecule has 0 radical (unpaired) electrons. The van der Waals surface area contributed by atoms with Gasteiger partial charge >= 0.3 is 0 Å². The second kappa shape index (κ2) is 6.20. The molecule has 2 rings (SSSR count). The normalized spacial score (nSPS) is 24.1. The largest absolute Gasteiger partial charge is 0.391 e. The lowest BCUT2D eigenvalue weighted by Gasteiger charge is -2.34. The fourth-order valence-corrected chi connectivity index (χ4v) is 4.67. The molecule has 0 amide bonds. The summed E-state index contributed by atoms with van der Waals surface area (Å²) in [6, 6.07) is 3.93. The van der Waals surface area contributed by atoms with Gasteiger partial charge in [0.1, 0.15) is 4.90 Å². The third kappa shape index (κ3) is 3.12. The van der Waals surface area contributed by atoms with Crippen molar-refractivity contribution in [1.82, 2.24) is 4.31 Å². The lowest BCUT2D eigenvalue weighted by atomic mass is 9.93. The molecule has 0 aromatic heterocycles. The molecule has 2 atom stereocenters. The first-order chi connectivity index (χ1) is 9.34. The van der Waals surface area contributed by atoms with Crippen LogP contribution in [0.25, 0.3) is 0 Å². The topological polar surface area (TPSA) is 57.6 Å². The zero-order valence-electron chi connectivity index (χ0n) is 11.1. The van der Waals surface area contributed by atoms with Crippen molar-refractivity contribution in [2.45, 2.75) is 42.7 Å². The maximum atomic E-state index is 12.6. The number of aliphatic hydroxyl groups is 1. The van der Waals surface area contributed by atoms with Crippen molar-refractivity contribution in [2.75, 3.05) is 7.05 Å². The Balaban J connectivity index is 2.36. The van der Waals surface area contributed by atoms with Gasteiger partial charge in [0.15, 0.2) is 0 Å². The number of aliphatic hydroxyl groups excluding tert-OH is 1. The molecule has 1 saturated carbocycles. The second-order valence-corrected chi connectivity index (χ2v) is 7.82. The van der Waals surface area contributed by atoms with E-state index < -0.39 is 22.2 Å². The lowest BCUT2D eigenvalue weighted by molar-refractivity contribution is 0.0638. The summed E-state index contributed by atoms with van der Waals surface area (Å²) in [4.78, 5) is -0.0214. The van der Waals surface area contributed by atoms with Crippen LogP contribution >= 0.6 is 23.2 Å². The predicted molar refractivity (Wildman–Crippen MR) is 79.7 cm³/mol. The summed E-state index contributed by atoms with van der Waals surface area (Å²) < 4.78 is 26.5. The molecular weight excluding hydrogens is 321 g/mol. The molecule has 112 valence electrons. The zero-order valence-corrected chi connectivity index (χ0v) is 13.4.